The highest BCUT2D eigenvalue weighted by atomic mass is 32.1. The number of hydrogen-bond donors (Lipinski definition) is 1. The molecule has 142 valence electrons. The highest BCUT2D eigenvalue weighted by molar-refractivity contribution is 7.14. The number of hydrogen-bond acceptors (Lipinski definition) is 8. The smallest absolute Gasteiger partial charge is 0.310 e. The SMILES string of the molecule is COc1cc(CC(=O)OCC(=O)Nc2sccc2C#N)cc(OC)c1OC. The van der Waals surface area contributed by atoms with Crippen LogP contribution in [-0.2, 0) is 20.7 Å². The zero-order valence-electron chi connectivity index (χ0n) is 15.0. The molecule has 0 aliphatic carbocycles. The number of amides is 1. The lowest BCUT2D eigenvalue weighted by Crippen LogP contribution is -2.21. The van der Waals surface area contributed by atoms with E-state index in [2.05, 4.69) is 5.32 Å². The van der Waals surface area contributed by atoms with Crippen LogP contribution in [0.25, 0.3) is 0 Å². The van der Waals surface area contributed by atoms with Gasteiger partial charge in [0.2, 0.25) is 5.75 Å². The molecule has 2 aromatic rings. The van der Waals surface area contributed by atoms with Crippen molar-refractivity contribution < 1.29 is 28.5 Å². The summed E-state index contributed by atoms with van der Waals surface area (Å²) in [5.41, 5.74) is 0.942. The number of nitrogens with one attached hydrogen (secondary N) is 1. The van der Waals surface area contributed by atoms with Gasteiger partial charge in [0.1, 0.15) is 11.1 Å². The Hall–Kier alpha value is -3.25. The van der Waals surface area contributed by atoms with Gasteiger partial charge >= 0.3 is 5.97 Å². The van der Waals surface area contributed by atoms with Crippen LogP contribution in [0.1, 0.15) is 11.1 Å². The van der Waals surface area contributed by atoms with Crippen LogP contribution in [0.2, 0.25) is 0 Å². The van der Waals surface area contributed by atoms with E-state index in [1.54, 1.807) is 23.6 Å². The molecular formula is C18H18N2O6S. The fraction of sp³-hybridized carbons (Fsp3) is 0.278. The molecule has 2 rings (SSSR count). The van der Waals surface area contributed by atoms with E-state index in [1.807, 2.05) is 6.07 Å². The van der Waals surface area contributed by atoms with Gasteiger partial charge < -0.3 is 24.3 Å². The summed E-state index contributed by atoms with van der Waals surface area (Å²) >= 11 is 1.22. The number of thiophene rings is 1. The molecule has 8 nitrogen and oxygen atoms in total. The van der Waals surface area contributed by atoms with Crippen molar-refractivity contribution in [1.82, 2.24) is 0 Å². The second-order valence-corrected chi connectivity index (χ2v) is 6.11. The first-order valence-electron chi connectivity index (χ1n) is 7.74. The lowest BCUT2D eigenvalue weighted by atomic mass is 10.1. The third-order valence-electron chi connectivity index (χ3n) is 3.48. The second-order valence-electron chi connectivity index (χ2n) is 5.19. The molecule has 0 unspecified atom stereocenters. The Morgan fingerprint density at radius 1 is 1.15 bits per heavy atom. The molecule has 27 heavy (non-hydrogen) atoms. The molecule has 0 saturated carbocycles. The number of ether oxygens (including phenoxy) is 4. The minimum Gasteiger partial charge on any atom is -0.493 e. The number of carbonyl (C=O) groups excluding carboxylic acids is 2. The highest BCUT2D eigenvalue weighted by Gasteiger charge is 2.16. The predicted molar refractivity (Wildman–Crippen MR) is 98.4 cm³/mol. The molecule has 0 saturated heterocycles. The molecular weight excluding hydrogens is 372 g/mol. The van der Waals surface area contributed by atoms with Crippen LogP contribution in [0.15, 0.2) is 23.6 Å². The standard InChI is InChI=1S/C18H18N2O6S/c1-23-13-6-11(7-14(24-2)17(13)25-3)8-16(22)26-10-15(21)20-18-12(9-19)4-5-27-18/h4-7H,8,10H2,1-3H3,(H,20,21). The van der Waals surface area contributed by atoms with Crippen molar-refractivity contribution in [3.63, 3.8) is 0 Å². The summed E-state index contributed by atoms with van der Waals surface area (Å²) in [6.45, 7) is -0.452. The van der Waals surface area contributed by atoms with Crippen molar-refractivity contribution in [2.75, 3.05) is 33.3 Å². The Morgan fingerprint density at radius 2 is 1.81 bits per heavy atom. The molecule has 0 fully saturated rings. The van der Waals surface area contributed by atoms with Crippen LogP contribution in [-0.4, -0.2) is 39.8 Å². The normalized spacial score (nSPS) is 9.85. The van der Waals surface area contributed by atoms with Gasteiger partial charge in [-0.25, -0.2) is 0 Å². The van der Waals surface area contributed by atoms with Gasteiger partial charge in [-0.15, -0.1) is 11.3 Å². The average molecular weight is 390 g/mol. The number of benzene rings is 1. The number of anilines is 1. The van der Waals surface area contributed by atoms with Gasteiger partial charge in [0, 0.05) is 0 Å². The van der Waals surface area contributed by atoms with E-state index in [4.69, 9.17) is 24.2 Å². The Labute approximate surface area is 160 Å². The Balaban J connectivity index is 1.95. The number of rotatable bonds is 8. The quantitative estimate of drug-likeness (QED) is 0.690. The van der Waals surface area contributed by atoms with Gasteiger partial charge in [0.25, 0.3) is 5.91 Å². The van der Waals surface area contributed by atoms with Crippen LogP contribution in [0.5, 0.6) is 17.2 Å². The van der Waals surface area contributed by atoms with Crippen LogP contribution in [0.4, 0.5) is 5.00 Å². The van der Waals surface area contributed by atoms with Crippen molar-refractivity contribution in [2.24, 2.45) is 0 Å². The highest BCUT2D eigenvalue weighted by Crippen LogP contribution is 2.38. The summed E-state index contributed by atoms with van der Waals surface area (Å²) < 4.78 is 20.7. The lowest BCUT2D eigenvalue weighted by molar-refractivity contribution is -0.146. The minimum atomic E-state index is -0.592. The molecule has 1 aromatic heterocycles. The molecule has 0 atom stereocenters. The maximum Gasteiger partial charge on any atom is 0.310 e. The molecule has 1 amide bonds. The van der Waals surface area contributed by atoms with E-state index in [-0.39, 0.29) is 6.42 Å². The van der Waals surface area contributed by atoms with Crippen molar-refractivity contribution in [3.8, 4) is 23.3 Å². The van der Waals surface area contributed by atoms with Gasteiger partial charge in [-0.1, -0.05) is 0 Å². The summed E-state index contributed by atoms with van der Waals surface area (Å²) in [7, 11) is 4.44. The topological polar surface area (TPSA) is 107 Å². The van der Waals surface area contributed by atoms with Crippen LogP contribution in [0.3, 0.4) is 0 Å². The van der Waals surface area contributed by atoms with Crippen molar-refractivity contribution in [1.29, 1.82) is 5.26 Å². The summed E-state index contributed by atoms with van der Waals surface area (Å²) in [6.07, 6.45) is -0.0769. The molecule has 0 radical (unpaired) electrons. The Bertz CT molecular complexity index is 846. The van der Waals surface area contributed by atoms with E-state index in [9.17, 15) is 9.59 Å². The monoisotopic (exact) mass is 390 g/mol. The zero-order chi connectivity index (χ0) is 19.8. The Morgan fingerprint density at radius 3 is 2.37 bits per heavy atom. The van der Waals surface area contributed by atoms with Crippen LogP contribution in [0, 0.1) is 11.3 Å². The molecule has 1 aromatic carbocycles. The summed E-state index contributed by atoms with van der Waals surface area (Å²) in [4.78, 5) is 23.9. The molecule has 0 aliphatic heterocycles. The first-order valence-corrected chi connectivity index (χ1v) is 8.62. The molecule has 9 heteroatoms. The zero-order valence-corrected chi connectivity index (χ0v) is 15.8. The molecule has 1 N–H and O–H groups in total. The van der Waals surface area contributed by atoms with E-state index in [1.165, 1.54) is 32.7 Å². The van der Waals surface area contributed by atoms with Crippen molar-refractivity contribution in [2.45, 2.75) is 6.42 Å². The van der Waals surface area contributed by atoms with Crippen molar-refractivity contribution in [3.05, 3.63) is 34.7 Å². The third kappa shape index (κ3) is 5.12. The summed E-state index contributed by atoms with van der Waals surface area (Å²) in [6, 6.07) is 6.82. The maximum atomic E-state index is 12.0. The minimum absolute atomic E-state index is 0.0769. The van der Waals surface area contributed by atoms with Crippen LogP contribution < -0.4 is 19.5 Å². The van der Waals surface area contributed by atoms with Crippen molar-refractivity contribution >= 4 is 28.2 Å². The summed E-state index contributed by atoms with van der Waals surface area (Å²) in [5, 5.41) is 13.6. The van der Waals surface area contributed by atoms with E-state index >= 15 is 0 Å². The van der Waals surface area contributed by atoms with Crippen LogP contribution >= 0.6 is 11.3 Å². The van der Waals surface area contributed by atoms with Gasteiger partial charge in [0.15, 0.2) is 18.1 Å². The Kier molecular flexibility index (Phi) is 7.02. The van der Waals surface area contributed by atoms with Gasteiger partial charge in [0.05, 0.1) is 33.3 Å². The maximum absolute atomic E-state index is 12.0. The fourth-order valence-corrected chi connectivity index (χ4v) is 3.01. The predicted octanol–water partition coefficient (Wildman–Crippen LogP) is 2.37. The summed E-state index contributed by atoms with van der Waals surface area (Å²) in [5.74, 6) is 0.136. The molecule has 0 spiro atoms. The van der Waals surface area contributed by atoms with Gasteiger partial charge in [-0.3, -0.25) is 9.59 Å². The number of nitrogens with zero attached hydrogens (tertiary/aromatic N) is 1. The first kappa shape index (κ1) is 20.1. The van der Waals surface area contributed by atoms with E-state index in [0.29, 0.717) is 33.4 Å². The third-order valence-corrected chi connectivity index (χ3v) is 4.31. The molecule has 0 aliphatic rings. The number of nitriles is 1. The van der Waals surface area contributed by atoms with E-state index < -0.39 is 18.5 Å². The number of carbonyl (C=O) groups is 2. The lowest BCUT2D eigenvalue weighted by Gasteiger charge is -2.14. The second kappa shape index (κ2) is 9.45. The number of esters is 1. The number of methoxy groups -OCH3 is 3. The fourth-order valence-electron chi connectivity index (χ4n) is 2.26. The largest absolute Gasteiger partial charge is 0.493 e. The first-order chi connectivity index (χ1) is 13.0. The molecule has 0 bridgehead atoms. The van der Waals surface area contributed by atoms with Gasteiger partial charge in [-0.2, -0.15) is 5.26 Å². The van der Waals surface area contributed by atoms with Gasteiger partial charge in [-0.05, 0) is 29.1 Å². The van der Waals surface area contributed by atoms with E-state index in [0.717, 1.165) is 0 Å². The average Bonchev–Trinajstić information content (AvgIpc) is 3.12. The molecule has 1 heterocycles.